The van der Waals surface area contributed by atoms with Crippen LogP contribution in [0.3, 0.4) is 0 Å². The van der Waals surface area contributed by atoms with E-state index in [2.05, 4.69) is 41.4 Å². The molecule has 0 saturated heterocycles. The van der Waals surface area contributed by atoms with Gasteiger partial charge in [-0.1, -0.05) is 42.5 Å². The Morgan fingerprint density at radius 2 is 1.94 bits per heavy atom. The van der Waals surface area contributed by atoms with Gasteiger partial charge in [0.15, 0.2) is 0 Å². The fraction of sp³-hybridized carbons (Fsp3) is 0.0667. The van der Waals surface area contributed by atoms with Gasteiger partial charge in [-0.2, -0.15) is 5.26 Å². The lowest BCUT2D eigenvalue weighted by atomic mass is 10.0. The Kier molecular flexibility index (Phi) is 2.79. The van der Waals surface area contributed by atoms with Crippen LogP contribution in [0, 0.1) is 11.3 Å². The molecular weight excluding hydrogens is 240 g/mol. The SMILES string of the molecule is N#Cc1cnc(Cc2cccc3ccccc23)s1. The lowest BCUT2D eigenvalue weighted by Gasteiger charge is -2.04. The summed E-state index contributed by atoms with van der Waals surface area (Å²) in [6.45, 7) is 0. The molecule has 0 amide bonds. The highest BCUT2D eigenvalue weighted by atomic mass is 32.1. The molecule has 3 rings (SSSR count). The molecule has 0 bridgehead atoms. The van der Waals surface area contributed by atoms with E-state index in [0.29, 0.717) is 4.88 Å². The minimum atomic E-state index is 0.672. The number of nitriles is 1. The van der Waals surface area contributed by atoms with Crippen molar-refractivity contribution in [2.75, 3.05) is 0 Å². The number of thiazole rings is 1. The molecule has 86 valence electrons. The van der Waals surface area contributed by atoms with E-state index in [4.69, 9.17) is 5.26 Å². The third kappa shape index (κ3) is 1.99. The molecule has 0 unspecified atom stereocenters. The largest absolute Gasteiger partial charge is 0.248 e. The standard InChI is InChI=1S/C15H10N2S/c16-9-13-10-17-15(18-13)8-12-6-3-5-11-4-1-2-7-14(11)12/h1-7,10H,8H2. The molecule has 0 atom stereocenters. The van der Waals surface area contributed by atoms with Crippen LogP contribution in [-0.2, 0) is 6.42 Å². The zero-order chi connectivity index (χ0) is 12.4. The highest BCUT2D eigenvalue weighted by Gasteiger charge is 2.05. The summed E-state index contributed by atoms with van der Waals surface area (Å²) in [5.74, 6) is 0. The third-order valence-corrected chi connectivity index (χ3v) is 3.79. The average Bonchev–Trinajstić information content (AvgIpc) is 2.87. The third-order valence-electron chi connectivity index (χ3n) is 2.89. The van der Waals surface area contributed by atoms with E-state index in [1.807, 2.05) is 12.1 Å². The van der Waals surface area contributed by atoms with Crippen LogP contribution in [0.15, 0.2) is 48.7 Å². The topological polar surface area (TPSA) is 36.7 Å². The average molecular weight is 250 g/mol. The van der Waals surface area contributed by atoms with E-state index in [9.17, 15) is 0 Å². The minimum Gasteiger partial charge on any atom is -0.248 e. The molecule has 1 heterocycles. The van der Waals surface area contributed by atoms with E-state index in [1.54, 1.807) is 6.20 Å². The first-order chi connectivity index (χ1) is 8.86. The number of hydrogen-bond acceptors (Lipinski definition) is 3. The molecule has 0 fully saturated rings. The van der Waals surface area contributed by atoms with E-state index >= 15 is 0 Å². The summed E-state index contributed by atoms with van der Waals surface area (Å²) in [5, 5.41) is 12.3. The maximum atomic E-state index is 8.81. The van der Waals surface area contributed by atoms with Crippen molar-refractivity contribution in [2.24, 2.45) is 0 Å². The van der Waals surface area contributed by atoms with Gasteiger partial charge in [-0.05, 0) is 16.3 Å². The van der Waals surface area contributed by atoms with Crippen molar-refractivity contribution in [3.8, 4) is 6.07 Å². The predicted octanol–water partition coefficient (Wildman–Crippen LogP) is 3.76. The molecule has 0 N–H and O–H groups in total. The van der Waals surface area contributed by atoms with Gasteiger partial charge < -0.3 is 0 Å². The smallest absolute Gasteiger partial charge is 0.124 e. The Bertz CT molecular complexity index is 732. The van der Waals surface area contributed by atoms with Crippen LogP contribution in [0.5, 0.6) is 0 Å². The van der Waals surface area contributed by atoms with E-state index in [1.165, 1.54) is 27.7 Å². The van der Waals surface area contributed by atoms with Crippen molar-refractivity contribution in [2.45, 2.75) is 6.42 Å². The van der Waals surface area contributed by atoms with Crippen LogP contribution in [0.4, 0.5) is 0 Å². The molecule has 0 aliphatic carbocycles. The van der Waals surface area contributed by atoms with Gasteiger partial charge in [-0.3, -0.25) is 0 Å². The number of benzene rings is 2. The molecule has 0 aliphatic rings. The molecular formula is C15H10N2S. The van der Waals surface area contributed by atoms with Gasteiger partial charge in [0.1, 0.15) is 10.9 Å². The summed E-state index contributed by atoms with van der Waals surface area (Å²) >= 11 is 1.46. The van der Waals surface area contributed by atoms with Crippen molar-refractivity contribution in [3.05, 3.63) is 64.1 Å². The van der Waals surface area contributed by atoms with Crippen LogP contribution < -0.4 is 0 Å². The van der Waals surface area contributed by atoms with Crippen molar-refractivity contribution in [1.29, 1.82) is 5.26 Å². The van der Waals surface area contributed by atoms with E-state index < -0.39 is 0 Å². The normalized spacial score (nSPS) is 10.4. The van der Waals surface area contributed by atoms with Gasteiger partial charge in [0.25, 0.3) is 0 Å². The maximum absolute atomic E-state index is 8.81. The van der Waals surface area contributed by atoms with Gasteiger partial charge in [0.2, 0.25) is 0 Å². The second kappa shape index (κ2) is 4.59. The molecule has 0 spiro atoms. The van der Waals surface area contributed by atoms with Crippen LogP contribution in [0.25, 0.3) is 10.8 Å². The van der Waals surface area contributed by atoms with E-state index in [-0.39, 0.29) is 0 Å². The molecule has 0 radical (unpaired) electrons. The quantitative estimate of drug-likeness (QED) is 0.694. The predicted molar refractivity (Wildman–Crippen MR) is 73.6 cm³/mol. The number of nitrogens with zero attached hydrogens (tertiary/aromatic N) is 2. The Morgan fingerprint density at radius 3 is 2.78 bits per heavy atom. The van der Waals surface area contributed by atoms with Crippen molar-refractivity contribution in [3.63, 3.8) is 0 Å². The molecule has 2 nitrogen and oxygen atoms in total. The first kappa shape index (κ1) is 10.9. The molecule has 3 aromatic rings. The highest BCUT2D eigenvalue weighted by molar-refractivity contribution is 7.12. The molecule has 0 aliphatic heterocycles. The number of aromatic nitrogens is 1. The Morgan fingerprint density at radius 1 is 1.11 bits per heavy atom. The first-order valence-corrected chi connectivity index (χ1v) is 6.50. The molecule has 18 heavy (non-hydrogen) atoms. The summed E-state index contributed by atoms with van der Waals surface area (Å²) in [6, 6.07) is 16.8. The van der Waals surface area contributed by atoms with E-state index in [0.717, 1.165) is 11.4 Å². The molecule has 2 aromatic carbocycles. The highest BCUT2D eigenvalue weighted by Crippen LogP contribution is 2.23. The van der Waals surface area contributed by atoms with Crippen molar-refractivity contribution < 1.29 is 0 Å². The number of hydrogen-bond donors (Lipinski definition) is 0. The summed E-state index contributed by atoms with van der Waals surface area (Å²) in [6.07, 6.45) is 2.43. The van der Waals surface area contributed by atoms with Gasteiger partial charge in [-0.15, -0.1) is 11.3 Å². The lowest BCUT2D eigenvalue weighted by Crippen LogP contribution is -1.88. The van der Waals surface area contributed by atoms with Crippen LogP contribution >= 0.6 is 11.3 Å². The monoisotopic (exact) mass is 250 g/mol. The zero-order valence-electron chi connectivity index (χ0n) is 9.63. The van der Waals surface area contributed by atoms with Crippen LogP contribution in [-0.4, -0.2) is 4.98 Å². The summed E-state index contributed by atoms with van der Waals surface area (Å²) < 4.78 is 0. The Hall–Kier alpha value is -2.18. The van der Waals surface area contributed by atoms with Crippen molar-refractivity contribution in [1.82, 2.24) is 4.98 Å². The maximum Gasteiger partial charge on any atom is 0.124 e. The Balaban J connectivity index is 2.02. The fourth-order valence-corrected chi connectivity index (χ4v) is 2.79. The number of fused-ring (bicyclic) bond motifs is 1. The second-order valence-electron chi connectivity index (χ2n) is 4.05. The minimum absolute atomic E-state index is 0.672. The van der Waals surface area contributed by atoms with Gasteiger partial charge in [0.05, 0.1) is 11.2 Å². The molecule has 1 aromatic heterocycles. The first-order valence-electron chi connectivity index (χ1n) is 5.68. The Labute approximate surface area is 109 Å². The summed E-state index contributed by atoms with van der Waals surface area (Å²) in [4.78, 5) is 4.96. The fourth-order valence-electron chi connectivity index (χ4n) is 2.05. The van der Waals surface area contributed by atoms with Gasteiger partial charge in [0, 0.05) is 6.42 Å². The number of rotatable bonds is 2. The second-order valence-corrected chi connectivity index (χ2v) is 5.16. The van der Waals surface area contributed by atoms with Crippen molar-refractivity contribution >= 4 is 22.1 Å². The molecule has 0 saturated carbocycles. The summed E-state index contributed by atoms with van der Waals surface area (Å²) in [5.41, 5.74) is 1.26. The summed E-state index contributed by atoms with van der Waals surface area (Å²) in [7, 11) is 0. The van der Waals surface area contributed by atoms with Crippen LogP contribution in [0.2, 0.25) is 0 Å². The molecule has 3 heteroatoms. The van der Waals surface area contributed by atoms with Crippen LogP contribution in [0.1, 0.15) is 15.4 Å². The van der Waals surface area contributed by atoms with Gasteiger partial charge in [-0.25, -0.2) is 4.98 Å². The lowest BCUT2D eigenvalue weighted by molar-refractivity contribution is 1.15. The zero-order valence-corrected chi connectivity index (χ0v) is 10.4. The van der Waals surface area contributed by atoms with Gasteiger partial charge >= 0.3 is 0 Å².